The molecule has 1 aromatic rings. The summed E-state index contributed by atoms with van der Waals surface area (Å²) in [5.74, 6) is 0.754. The molecule has 5 aliphatic rings. The van der Waals surface area contributed by atoms with Gasteiger partial charge in [0.25, 0.3) is 0 Å². The Bertz CT molecular complexity index is 1410. The lowest BCUT2D eigenvalue weighted by Gasteiger charge is -2.68. The number of carboxylic acid groups (broad SMARTS) is 2. The molecule has 4 saturated carbocycles. The summed E-state index contributed by atoms with van der Waals surface area (Å²) < 4.78 is 0. The van der Waals surface area contributed by atoms with Gasteiger partial charge in [0.15, 0.2) is 0 Å². The minimum absolute atomic E-state index is 0.134. The molecule has 5 aliphatic carbocycles. The molecule has 4 fully saturated rings. The molecule has 7 nitrogen and oxygen atoms in total. The quantitative estimate of drug-likeness (QED) is 0.298. The Hall–Kier alpha value is -2.67. The van der Waals surface area contributed by atoms with Gasteiger partial charge in [-0.3, -0.25) is 4.79 Å². The molecule has 45 heavy (non-hydrogen) atoms. The number of likely N-dealkylation sites (N-methyl/N-ethyl adjacent to an activating group) is 1. The average Bonchev–Trinajstić information content (AvgIpc) is 3.42. The predicted octanol–water partition coefficient (Wildman–Crippen LogP) is 7.22. The number of rotatable bonds is 7. The molecule has 8 atom stereocenters. The third kappa shape index (κ3) is 4.89. The molecule has 0 saturated heterocycles. The summed E-state index contributed by atoms with van der Waals surface area (Å²) in [5, 5.41) is 22.7. The third-order valence-corrected chi connectivity index (χ3v) is 14.2. The van der Waals surface area contributed by atoms with Crippen LogP contribution in [-0.4, -0.2) is 60.1 Å². The van der Waals surface area contributed by atoms with E-state index >= 15 is 0 Å². The van der Waals surface area contributed by atoms with Crippen molar-refractivity contribution in [3.63, 3.8) is 0 Å². The molecule has 0 bridgehead atoms. The summed E-state index contributed by atoms with van der Waals surface area (Å²) in [6.07, 6.45) is 13.7. The Morgan fingerprint density at radius 1 is 0.844 bits per heavy atom. The first-order chi connectivity index (χ1) is 21.2. The molecule has 7 heteroatoms. The maximum absolute atomic E-state index is 13.8. The van der Waals surface area contributed by atoms with Crippen molar-refractivity contribution >= 4 is 23.4 Å². The van der Waals surface area contributed by atoms with Crippen molar-refractivity contribution in [2.24, 2.45) is 51.2 Å². The highest BCUT2D eigenvalue weighted by atomic mass is 16.4. The molecular formula is C38H54N2O5. The lowest BCUT2D eigenvalue weighted by atomic mass is 9.36. The van der Waals surface area contributed by atoms with Crippen LogP contribution in [0.15, 0.2) is 24.3 Å². The van der Waals surface area contributed by atoms with E-state index in [1.165, 1.54) is 38.2 Å². The zero-order chi connectivity index (χ0) is 32.5. The van der Waals surface area contributed by atoms with E-state index in [-0.39, 0.29) is 32.8 Å². The summed E-state index contributed by atoms with van der Waals surface area (Å²) in [4.78, 5) is 39.6. The topological polar surface area (TPSA) is 107 Å². The fraction of sp³-hybridized carbons (Fsp3) is 0.711. The van der Waals surface area contributed by atoms with Crippen LogP contribution in [0, 0.1) is 51.2 Å². The number of benzene rings is 1. The summed E-state index contributed by atoms with van der Waals surface area (Å²) in [7, 11) is 4.11. The number of hydrogen-bond acceptors (Lipinski definition) is 4. The number of aromatic carboxylic acids is 2. The van der Waals surface area contributed by atoms with Gasteiger partial charge in [-0.1, -0.05) is 46.3 Å². The molecule has 1 amide bonds. The summed E-state index contributed by atoms with van der Waals surface area (Å²) in [6.45, 7) is 11.4. The minimum Gasteiger partial charge on any atom is -0.478 e. The minimum atomic E-state index is -1.21. The Balaban J connectivity index is 1.27. The Labute approximate surface area is 269 Å². The lowest BCUT2D eigenvalue weighted by Crippen LogP contribution is -2.62. The van der Waals surface area contributed by atoms with E-state index in [0.717, 1.165) is 56.3 Å². The van der Waals surface area contributed by atoms with Crippen LogP contribution in [-0.2, 0) is 4.79 Å². The third-order valence-electron chi connectivity index (χ3n) is 14.2. The van der Waals surface area contributed by atoms with E-state index in [9.17, 15) is 24.6 Å². The van der Waals surface area contributed by atoms with Gasteiger partial charge in [0, 0.05) is 13.1 Å². The second-order valence-corrected chi connectivity index (χ2v) is 16.7. The highest BCUT2D eigenvalue weighted by molar-refractivity contribution is 6.02. The zero-order valence-corrected chi connectivity index (χ0v) is 28.2. The van der Waals surface area contributed by atoms with Gasteiger partial charge in [-0.25, -0.2) is 9.59 Å². The number of allylic oxidation sites excluding steroid dienone is 2. The number of fused-ring (bicyclic) bond motifs is 7. The average molecular weight is 619 g/mol. The van der Waals surface area contributed by atoms with Crippen molar-refractivity contribution in [3.8, 4) is 0 Å². The number of nitrogens with zero attached hydrogens (tertiary/aromatic N) is 1. The van der Waals surface area contributed by atoms with Gasteiger partial charge in [-0.05, 0) is 141 Å². The first-order valence-electron chi connectivity index (χ1n) is 17.4. The van der Waals surface area contributed by atoms with Crippen molar-refractivity contribution in [3.05, 3.63) is 41.0 Å². The molecule has 0 aliphatic heterocycles. The van der Waals surface area contributed by atoms with E-state index in [1.807, 2.05) is 0 Å². The van der Waals surface area contributed by atoms with Crippen LogP contribution >= 0.6 is 0 Å². The number of carbonyl (C=O) groups is 3. The number of carboxylic acids is 2. The molecule has 246 valence electrons. The van der Waals surface area contributed by atoms with Crippen LogP contribution in [0.4, 0.5) is 0 Å². The van der Waals surface area contributed by atoms with E-state index in [4.69, 9.17) is 0 Å². The maximum atomic E-state index is 13.8. The Morgan fingerprint density at radius 3 is 2.27 bits per heavy atom. The van der Waals surface area contributed by atoms with Gasteiger partial charge in [0.2, 0.25) is 5.91 Å². The first kappa shape index (κ1) is 32.3. The number of nitrogens with one attached hydrogen (secondary N) is 1. The van der Waals surface area contributed by atoms with Crippen LogP contribution in [0.2, 0.25) is 0 Å². The summed E-state index contributed by atoms with van der Waals surface area (Å²) in [5.41, 5.74) is 1.70. The molecule has 0 aromatic heterocycles. The van der Waals surface area contributed by atoms with Gasteiger partial charge in [0.1, 0.15) is 0 Å². The molecule has 3 N–H and O–H groups in total. The fourth-order valence-electron chi connectivity index (χ4n) is 12.4. The Morgan fingerprint density at radius 2 is 1.58 bits per heavy atom. The fourth-order valence-corrected chi connectivity index (χ4v) is 12.4. The SMILES string of the molecule is CN(C)CCNC(=O)C12CCCC1C1CCC3C(C)(CCC4C(C)(C)C(c5ccc(C(=O)O)c(C(=O)O)c5)=CCC43C)C1CC2. The van der Waals surface area contributed by atoms with Crippen molar-refractivity contribution in [2.75, 3.05) is 27.2 Å². The predicted molar refractivity (Wildman–Crippen MR) is 176 cm³/mol. The van der Waals surface area contributed by atoms with Crippen LogP contribution in [0.25, 0.3) is 5.57 Å². The summed E-state index contributed by atoms with van der Waals surface area (Å²) in [6, 6.07) is 4.84. The van der Waals surface area contributed by atoms with Gasteiger partial charge >= 0.3 is 11.9 Å². The molecule has 8 unspecified atom stereocenters. The Kier molecular flexibility index (Phi) is 8.06. The second kappa shape index (κ2) is 11.2. The van der Waals surface area contributed by atoms with Crippen LogP contribution < -0.4 is 5.32 Å². The van der Waals surface area contributed by atoms with Gasteiger partial charge in [-0.15, -0.1) is 0 Å². The number of amides is 1. The second-order valence-electron chi connectivity index (χ2n) is 16.7. The van der Waals surface area contributed by atoms with Crippen LogP contribution in [0.3, 0.4) is 0 Å². The monoisotopic (exact) mass is 618 g/mol. The maximum Gasteiger partial charge on any atom is 0.336 e. The van der Waals surface area contributed by atoms with E-state index in [2.05, 4.69) is 58.1 Å². The van der Waals surface area contributed by atoms with Gasteiger partial charge in [0.05, 0.1) is 16.5 Å². The largest absolute Gasteiger partial charge is 0.478 e. The van der Waals surface area contributed by atoms with Crippen LogP contribution in [0.5, 0.6) is 0 Å². The molecular weight excluding hydrogens is 564 g/mol. The molecule has 1 aromatic carbocycles. The van der Waals surface area contributed by atoms with Gasteiger partial charge < -0.3 is 20.4 Å². The molecule has 0 heterocycles. The van der Waals surface area contributed by atoms with Crippen LogP contribution in [0.1, 0.15) is 118 Å². The number of hydrogen-bond donors (Lipinski definition) is 3. The molecule has 0 spiro atoms. The highest BCUT2D eigenvalue weighted by Gasteiger charge is 2.66. The van der Waals surface area contributed by atoms with Crippen molar-refractivity contribution in [1.29, 1.82) is 0 Å². The van der Waals surface area contributed by atoms with E-state index in [0.29, 0.717) is 35.5 Å². The normalized spacial score (nSPS) is 38.3. The summed E-state index contributed by atoms with van der Waals surface area (Å²) >= 11 is 0. The molecule has 6 rings (SSSR count). The standard InChI is InChI=1S/C38H54N2O5/c1-35(2)27(23-9-10-24(32(41)42)26(22-23)33(43)44)13-17-37(4)30(35)15-18-36(3)28-14-19-38(34(45)39-20-21-40(5)6)16-7-8-29(38)25(28)11-12-31(36)37/h9-10,13,22,25,28-31H,7-8,11-12,14-21H2,1-6H3,(H,39,45)(H,41,42)(H,43,44). The van der Waals surface area contributed by atoms with Crippen molar-refractivity contribution < 1.29 is 24.6 Å². The smallest absolute Gasteiger partial charge is 0.336 e. The van der Waals surface area contributed by atoms with E-state index < -0.39 is 11.9 Å². The first-order valence-corrected chi connectivity index (χ1v) is 17.4. The van der Waals surface area contributed by atoms with E-state index in [1.54, 1.807) is 12.1 Å². The number of carbonyl (C=O) groups excluding carboxylic acids is 1. The highest BCUT2D eigenvalue weighted by Crippen LogP contribution is 2.73. The van der Waals surface area contributed by atoms with Gasteiger partial charge in [-0.2, -0.15) is 0 Å². The lowest BCUT2D eigenvalue weighted by molar-refractivity contribution is -0.181. The molecule has 0 radical (unpaired) electrons. The van der Waals surface area contributed by atoms with Crippen molar-refractivity contribution in [2.45, 2.75) is 91.9 Å². The zero-order valence-electron chi connectivity index (χ0n) is 28.2. The van der Waals surface area contributed by atoms with Crippen molar-refractivity contribution in [1.82, 2.24) is 10.2 Å².